The predicted molar refractivity (Wildman–Crippen MR) is 78.9 cm³/mol. The highest BCUT2D eigenvalue weighted by atomic mass is 16.6. The summed E-state index contributed by atoms with van der Waals surface area (Å²) < 4.78 is 0. The van der Waals surface area contributed by atoms with E-state index in [2.05, 4.69) is 4.90 Å². The Morgan fingerprint density at radius 3 is 2.45 bits per heavy atom. The van der Waals surface area contributed by atoms with Crippen molar-refractivity contribution in [2.75, 3.05) is 18.0 Å². The molecule has 1 N–H and O–H groups in total. The third-order valence-electron chi connectivity index (χ3n) is 4.03. The molecule has 1 aliphatic heterocycles. The topological polar surface area (TPSA) is 66.6 Å². The van der Waals surface area contributed by atoms with Gasteiger partial charge in [-0.15, -0.1) is 0 Å². The minimum atomic E-state index is -0.369. The zero-order valence-corrected chi connectivity index (χ0v) is 11.9. The molecule has 1 aliphatic rings. The Kier molecular flexibility index (Phi) is 4.95. The lowest BCUT2D eigenvalue weighted by Gasteiger charge is -2.33. The van der Waals surface area contributed by atoms with Gasteiger partial charge in [-0.05, 0) is 50.7 Å². The van der Waals surface area contributed by atoms with Crippen LogP contribution in [0.1, 0.15) is 32.6 Å². The number of piperidine rings is 1. The summed E-state index contributed by atoms with van der Waals surface area (Å²) in [7, 11) is 0. The molecule has 110 valence electrons. The Hall–Kier alpha value is -1.62. The third-order valence-corrected chi connectivity index (χ3v) is 4.03. The van der Waals surface area contributed by atoms with E-state index in [4.69, 9.17) is 0 Å². The summed E-state index contributed by atoms with van der Waals surface area (Å²) in [5, 5.41) is 19.9. The SMILES string of the molecule is CC(O)CCC1CCN(c2ccc([N+](=O)[O-])cc2)CC1. The highest BCUT2D eigenvalue weighted by Crippen LogP contribution is 2.27. The molecule has 1 atom stereocenters. The largest absolute Gasteiger partial charge is 0.393 e. The van der Waals surface area contributed by atoms with Gasteiger partial charge in [-0.25, -0.2) is 0 Å². The van der Waals surface area contributed by atoms with Crippen LogP contribution in [0.5, 0.6) is 0 Å². The first-order valence-electron chi connectivity index (χ1n) is 7.23. The maximum Gasteiger partial charge on any atom is 0.269 e. The fourth-order valence-electron chi connectivity index (χ4n) is 2.74. The molecule has 0 spiro atoms. The average molecular weight is 278 g/mol. The molecule has 5 heteroatoms. The molecule has 0 radical (unpaired) electrons. The summed E-state index contributed by atoms with van der Waals surface area (Å²) in [6.45, 7) is 3.82. The van der Waals surface area contributed by atoms with Gasteiger partial charge in [0, 0.05) is 30.9 Å². The molecule has 1 aromatic rings. The van der Waals surface area contributed by atoms with Crippen LogP contribution in [0.4, 0.5) is 11.4 Å². The van der Waals surface area contributed by atoms with E-state index in [-0.39, 0.29) is 16.7 Å². The lowest BCUT2D eigenvalue weighted by molar-refractivity contribution is -0.384. The van der Waals surface area contributed by atoms with Crippen molar-refractivity contribution in [1.82, 2.24) is 0 Å². The molecule has 2 rings (SSSR count). The van der Waals surface area contributed by atoms with Crippen molar-refractivity contribution in [1.29, 1.82) is 0 Å². The minimum Gasteiger partial charge on any atom is -0.393 e. The van der Waals surface area contributed by atoms with Crippen molar-refractivity contribution in [2.45, 2.75) is 38.7 Å². The van der Waals surface area contributed by atoms with Crippen LogP contribution in [0.25, 0.3) is 0 Å². The van der Waals surface area contributed by atoms with Gasteiger partial charge in [0.1, 0.15) is 0 Å². The van der Waals surface area contributed by atoms with E-state index >= 15 is 0 Å². The van der Waals surface area contributed by atoms with Crippen LogP contribution in [-0.4, -0.2) is 29.2 Å². The molecule has 1 heterocycles. The number of aliphatic hydroxyl groups excluding tert-OH is 1. The van der Waals surface area contributed by atoms with Gasteiger partial charge in [0.15, 0.2) is 0 Å². The Morgan fingerprint density at radius 1 is 1.35 bits per heavy atom. The predicted octanol–water partition coefficient (Wildman–Crippen LogP) is 2.97. The maximum atomic E-state index is 10.6. The Bertz CT molecular complexity index is 437. The summed E-state index contributed by atoms with van der Waals surface area (Å²) in [5.41, 5.74) is 1.20. The van der Waals surface area contributed by atoms with Crippen LogP contribution in [0.15, 0.2) is 24.3 Å². The van der Waals surface area contributed by atoms with Crippen LogP contribution in [0.2, 0.25) is 0 Å². The molecule has 20 heavy (non-hydrogen) atoms. The van der Waals surface area contributed by atoms with Crippen molar-refractivity contribution >= 4 is 11.4 Å². The molecule has 1 fully saturated rings. The van der Waals surface area contributed by atoms with Crippen LogP contribution in [0, 0.1) is 16.0 Å². The van der Waals surface area contributed by atoms with Gasteiger partial charge < -0.3 is 10.0 Å². The summed E-state index contributed by atoms with van der Waals surface area (Å²) in [6, 6.07) is 6.78. The maximum absolute atomic E-state index is 10.6. The Labute approximate surface area is 119 Å². The van der Waals surface area contributed by atoms with E-state index in [1.54, 1.807) is 12.1 Å². The molecule has 0 saturated carbocycles. The van der Waals surface area contributed by atoms with Crippen molar-refractivity contribution in [2.24, 2.45) is 5.92 Å². The van der Waals surface area contributed by atoms with Gasteiger partial charge in [-0.2, -0.15) is 0 Å². The standard InChI is InChI=1S/C15H22N2O3/c1-12(18)2-3-13-8-10-16(11-9-13)14-4-6-15(7-5-14)17(19)20/h4-7,12-13,18H,2-3,8-11H2,1H3. The van der Waals surface area contributed by atoms with Crippen molar-refractivity contribution in [3.8, 4) is 0 Å². The fourth-order valence-corrected chi connectivity index (χ4v) is 2.74. The molecule has 5 nitrogen and oxygen atoms in total. The number of hydrogen-bond acceptors (Lipinski definition) is 4. The normalized spacial score (nSPS) is 18.0. The van der Waals surface area contributed by atoms with Gasteiger partial charge in [-0.3, -0.25) is 10.1 Å². The Balaban J connectivity index is 1.85. The smallest absolute Gasteiger partial charge is 0.269 e. The zero-order valence-electron chi connectivity index (χ0n) is 11.9. The van der Waals surface area contributed by atoms with E-state index in [0.717, 1.165) is 44.5 Å². The van der Waals surface area contributed by atoms with Crippen molar-refractivity contribution < 1.29 is 10.0 Å². The second-order valence-corrected chi connectivity index (χ2v) is 5.63. The lowest BCUT2D eigenvalue weighted by Crippen LogP contribution is -2.33. The second-order valence-electron chi connectivity index (χ2n) is 5.63. The summed E-state index contributed by atoms with van der Waals surface area (Å²) in [4.78, 5) is 12.5. The number of anilines is 1. The molecular formula is C15H22N2O3. The molecule has 1 aromatic carbocycles. The fraction of sp³-hybridized carbons (Fsp3) is 0.600. The highest BCUT2D eigenvalue weighted by molar-refractivity contribution is 5.51. The monoisotopic (exact) mass is 278 g/mol. The van der Waals surface area contributed by atoms with E-state index in [1.807, 2.05) is 19.1 Å². The molecule has 1 saturated heterocycles. The lowest BCUT2D eigenvalue weighted by atomic mass is 9.91. The molecule has 1 unspecified atom stereocenters. The molecule has 0 bridgehead atoms. The molecular weight excluding hydrogens is 256 g/mol. The quantitative estimate of drug-likeness (QED) is 0.664. The zero-order chi connectivity index (χ0) is 14.5. The van der Waals surface area contributed by atoms with Crippen LogP contribution >= 0.6 is 0 Å². The van der Waals surface area contributed by atoms with Crippen molar-refractivity contribution in [3.63, 3.8) is 0 Å². The summed E-state index contributed by atoms with van der Waals surface area (Å²) in [5.74, 6) is 0.693. The van der Waals surface area contributed by atoms with E-state index < -0.39 is 0 Å². The van der Waals surface area contributed by atoms with E-state index in [1.165, 1.54) is 0 Å². The number of nitro benzene ring substituents is 1. The van der Waals surface area contributed by atoms with E-state index in [9.17, 15) is 15.2 Å². The van der Waals surface area contributed by atoms with Gasteiger partial charge in [0.2, 0.25) is 0 Å². The van der Waals surface area contributed by atoms with Gasteiger partial charge in [0.25, 0.3) is 5.69 Å². The third kappa shape index (κ3) is 3.93. The average Bonchev–Trinajstić information content (AvgIpc) is 2.46. The molecule has 0 aromatic heterocycles. The van der Waals surface area contributed by atoms with Crippen LogP contribution < -0.4 is 4.90 Å². The first kappa shape index (κ1) is 14.8. The number of aliphatic hydroxyl groups is 1. The van der Waals surface area contributed by atoms with Gasteiger partial charge in [-0.1, -0.05) is 0 Å². The Morgan fingerprint density at radius 2 is 1.95 bits per heavy atom. The number of nitro groups is 1. The van der Waals surface area contributed by atoms with Crippen molar-refractivity contribution in [3.05, 3.63) is 34.4 Å². The van der Waals surface area contributed by atoms with Gasteiger partial charge >= 0.3 is 0 Å². The highest BCUT2D eigenvalue weighted by Gasteiger charge is 2.20. The number of non-ortho nitro benzene ring substituents is 1. The first-order valence-corrected chi connectivity index (χ1v) is 7.23. The second kappa shape index (κ2) is 6.70. The minimum absolute atomic E-state index is 0.139. The molecule has 0 amide bonds. The van der Waals surface area contributed by atoms with E-state index in [0.29, 0.717) is 5.92 Å². The number of benzene rings is 1. The van der Waals surface area contributed by atoms with Crippen LogP contribution in [0.3, 0.4) is 0 Å². The van der Waals surface area contributed by atoms with Gasteiger partial charge in [0.05, 0.1) is 11.0 Å². The molecule has 0 aliphatic carbocycles. The number of hydrogen-bond donors (Lipinski definition) is 1. The first-order chi connectivity index (χ1) is 9.56. The number of nitrogens with zero attached hydrogens (tertiary/aromatic N) is 2. The van der Waals surface area contributed by atoms with Crippen LogP contribution in [-0.2, 0) is 0 Å². The summed E-state index contributed by atoms with van der Waals surface area (Å²) >= 11 is 0. The number of rotatable bonds is 5. The summed E-state index contributed by atoms with van der Waals surface area (Å²) in [6.07, 6.45) is 4.02.